The number of halogens is 1. The number of anilines is 1. The highest BCUT2D eigenvalue weighted by Gasteiger charge is 2.18. The maximum absolute atomic E-state index is 10.9. The van der Waals surface area contributed by atoms with Crippen LogP contribution in [0, 0.1) is 3.70 Å². The Hall–Kier alpha value is -2.16. The molecule has 3 aromatic rings. The van der Waals surface area contributed by atoms with Crippen LogP contribution in [0.4, 0.5) is 5.82 Å². The third-order valence-corrected chi connectivity index (χ3v) is 4.61. The van der Waals surface area contributed by atoms with Crippen LogP contribution in [-0.2, 0) is 7.05 Å². The number of fused-ring (bicyclic) bond motifs is 1. The van der Waals surface area contributed by atoms with E-state index >= 15 is 0 Å². The van der Waals surface area contributed by atoms with Gasteiger partial charge in [0.05, 0.1) is 14.7 Å². The normalized spacial score (nSPS) is 11.0. The van der Waals surface area contributed by atoms with Gasteiger partial charge in [-0.3, -0.25) is 0 Å². The number of carbonyl (C=O) groups is 1. The summed E-state index contributed by atoms with van der Waals surface area (Å²) in [5.74, 6) is -0.534. The molecular weight excluding hydrogens is 383 g/mol. The van der Waals surface area contributed by atoms with Crippen LogP contribution in [0.1, 0.15) is 10.4 Å². The number of hydrogen-bond donors (Lipinski definition) is 2. The quantitative estimate of drug-likeness (QED) is 0.652. The van der Waals surface area contributed by atoms with Crippen LogP contribution in [0.15, 0.2) is 30.6 Å². The van der Waals surface area contributed by atoms with Crippen LogP contribution < -0.4 is 5.73 Å². The van der Waals surface area contributed by atoms with E-state index in [1.165, 1.54) is 6.33 Å². The van der Waals surface area contributed by atoms with Gasteiger partial charge in [0.15, 0.2) is 0 Å². The molecule has 1 aromatic carbocycles. The van der Waals surface area contributed by atoms with Gasteiger partial charge in [0.25, 0.3) is 0 Å². The predicted octanol–water partition coefficient (Wildman–Crippen LogP) is 2.52. The van der Waals surface area contributed by atoms with Gasteiger partial charge in [0.2, 0.25) is 0 Å². The van der Waals surface area contributed by atoms with Crippen LogP contribution >= 0.6 is 22.6 Å². The highest BCUT2D eigenvalue weighted by molar-refractivity contribution is 14.1. The summed E-state index contributed by atoms with van der Waals surface area (Å²) in [5, 5.41) is 9.76. The molecule has 2 heterocycles. The number of aryl methyl sites for hydroxylation is 1. The summed E-state index contributed by atoms with van der Waals surface area (Å²) >= 11 is 2.22. The Morgan fingerprint density at radius 2 is 1.95 bits per heavy atom. The fraction of sp³-hybridized carbons (Fsp3) is 0.0714. The van der Waals surface area contributed by atoms with E-state index in [0.29, 0.717) is 5.82 Å². The predicted molar refractivity (Wildman–Crippen MR) is 88.0 cm³/mol. The van der Waals surface area contributed by atoms with Crippen molar-refractivity contribution in [3.63, 3.8) is 0 Å². The van der Waals surface area contributed by atoms with Gasteiger partial charge in [-0.15, -0.1) is 0 Å². The lowest BCUT2D eigenvalue weighted by molar-refractivity contribution is 0.0697. The molecular formula is C14H11IN4O2. The van der Waals surface area contributed by atoms with Crippen molar-refractivity contribution >= 4 is 45.4 Å². The zero-order valence-electron chi connectivity index (χ0n) is 11.0. The molecule has 21 heavy (non-hydrogen) atoms. The summed E-state index contributed by atoms with van der Waals surface area (Å²) in [7, 11) is 1.91. The second-order valence-corrected chi connectivity index (χ2v) is 5.59. The van der Waals surface area contributed by atoms with Crippen molar-refractivity contribution in [1.29, 1.82) is 0 Å². The maximum Gasteiger partial charge on any atom is 0.335 e. The van der Waals surface area contributed by atoms with Gasteiger partial charge in [-0.25, -0.2) is 14.8 Å². The molecule has 0 fully saturated rings. The molecule has 0 aliphatic rings. The summed E-state index contributed by atoms with van der Waals surface area (Å²) in [4.78, 5) is 19.3. The minimum absolute atomic E-state index is 0.248. The van der Waals surface area contributed by atoms with Gasteiger partial charge >= 0.3 is 5.97 Å². The molecule has 7 heteroatoms. The molecule has 0 spiro atoms. The molecule has 0 aliphatic heterocycles. The van der Waals surface area contributed by atoms with Gasteiger partial charge in [0, 0.05) is 12.6 Å². The second kappa shape index (κ2) is 4.99. The molecule has 0 radical (unpaired) electrons. The fourth-order valence-electron chi connectivity index (χ4n) is 2.29. The average molecular weight is 394 g/mol. The number of carboxylic acids is 1. The molecule has 2 aromatic heterocycles. The number of nitrogen functional groups attached to an aromatic ring is 1. The van der Waals surface area contributed by atoms with Crippen molar-refractivity contribution in [2.45, 2.75) is 0 Å². The van der Waals surface area contributed by atoms with Crippen molar-refractivity contribution in [1.82, 2.24) is 14.5 Å². The number of hydrogen-bond acceptors (Lipinski definition) is 4. The number of nitrogens with zero attached hydrogens (tertiary/aromatic N) is 3. The molecule has 0 saturated carbocycles. The molecule has 3 N–H and O–H groups in total. The zero-order chi connectivity index (χ0) is 15.1. The third kappa shape index (κ3) is 2.13. The lowest BCUT2D eigenvalue weighted by Gasteiger charge is -2.03. The van der Waals surface area contributed by atoms with Crippen molar-refractivity contribution < 1.29 is 9.90 Å². The molecule has 6 nitrogen and oxygen atoms in total. The van der Waals surface area contributed by atoms with E-state index in [1.807, 2.05) is 11.6 Å². The zero-order valence-corrected chi connectivity index (χ0v) is 13.2. The summed E-state index contributed by atoms with van der Waals surface area (Å²) < 4.78 is 2.91. The van der Waals surface area contributed by atoms with Crippen LogP contribution in [0.3, 0.4) is 0 Å². The highest BCUT2D eigenvalue weighted by Crippen LogP contribution is 2.36. The summed E-state index contributed by atoms with van der Waals surface area (Å²) in [6.45, 7) is 0. The standard InChI is InChI=1S/C14H11IN4O2/c1-19-11(15)9(10-12(16)17-6-18-13(10)19)7-2-4-8(5-3-7)14(20)21/h2-6H,1H3,(H,20,21)(H2,16,17,18). The minimum Gasteiger partial charge on any atom is -0.478 e. The first kappa shape index (κ1) is 13.8. The van der Waals surface area contributed by atoms with Crippen LogP contribution in [0.25, 0.3) is 22.2 Å². The fourth-order valence-corrected chi connectivity index (χ4v) is 3.10. The van der Waals surface area contributed by atoms with E-state index in [4.69, 9.17) is 10.8 Å². The van der Waals surface area contributed by atoms with Crippen molar-refractivity contribution in [3.8, 4) is 11.1 Å². The van der Waals surface area contributed by atoms with E-state index in [0.717, 1.165) is 25.9 Å². The Kier molecular flexibility index (Phi) is 3.28. The van der Waals surface area contributed by atoms with Crippen LogP contribution in [-0.4, -0.2) is 25.6 Å². The number of carboxylic acid groups (broad SMARTS) is 1. The minimum atomic E-state index is -0.947. The van der Waals surface area contributed by atoms with Gasteiger partial charge < -0.3 is 15.4 Å². The Balaban J connectivity index is 2.29. The first-order valence-corrected chi connectivity index (χ1v) is 7.16. The molecule has 3 rings (SSSR count). The second-order valence-electron chi connectivity index (χ2n) is 4.56. The Bertz CT molecular complexity index is 856. The first-order valence-electron chi connectivity index (χ1n) is 6.08. The van der Waals surface area contributed by atoms with E-state index in [-0.39, 0.29) is 5.56 Å². The monoisotopic (exact) mass is 394 g/mol. The third-order valence-electron chi connectivity index (χ3n) is 3.35. The SMILES string of the molecule is Cn1c(I)c(-c2ccc(C(=O)O)cc2)c2c(N)ncnc21. The Morgan fingerprint density at radius 3 is 2.57 bits per heavy atom. The Labute approximate surface area is 133 Å². The molecule has 0 aliphatic carbocycles. The van der Waals surface area contributed by atoms with Gasteiger partial charge in [0.1, 0.15) is 17.8 Å². The average Bonchev–Trinajstić information content (AvgIpc) is 2.73. The number of nitrogens with two attached hydrogens (primary N) is 1. The largest absolute Gasteiger partial charge is 0.478 e. The highest BCUT2D eigenvalue weighted by atomic mass is 127. The van der Waals surface area contributed by atoms with Crippen molar-refractivity contribution in [3.05, 3.63) is 39.9 Å². The molecule has 106 valence electrons. The summed E-state index contributed by atoms with van der Waals surface area (Å²) in [6, 6.07) is 6.69. The first-order chi connectivity index (χ1) is 10.0. The van der Waals surface area contributed by atoms with Gasteiger partial charge in [-0.2, -0.15) is 0 Å². The topological polar surface area (TPSA) is 94.0 Å². The Morgan fingerprint density at radius 1 is 1.29 bits per heavy atom. The number of aromatic nitrogens is 3. The van der Waals surface area contributed by atoms with Crippen LogP contribution in [0.5, 0.6) is 0 Å². The molecule has 0 unspecified atom stereocenters. The van der Waals surface area contributed by atoms with Gasteiger partial charge in [-0.05, 0) is 40.3 Å². The van der Waals surface area contributed by atoms with E-state index in [1.54, 1.807) is 24.3 Å². The summed E-state index contributed by atoms with van der Waals surface area (Å²) in [5.41, 5.74) is 8.80. The molecule has 0 bridgehead atoms. The smallest absolute Gasteiger partial charge is 0.335 e. The van der Waals surface area contributed by atoms with Crippen molar-refractivity contribution in [2.24, 2.45) is 7.05 Å². The molecule has 0 saturated heterocycles. The maximum atomic E-state index is 10.9. The summed E-state index contributed by atoms with van der Waals surface area (Å²) in [6.07, 6.45) is 1.44. The van der Waals surface area contributed by atoms with E-state index in [2.05, 4.69) is 32.6 Å². The lowest BCUT2D eigenvalue weighted by atomic mass is 10.0. The number of aromatic carboxylic acids is 1. The van der Waals surface area contributed by atoms with E-state index in [9.17, 15) is 4.79 Å². The van der Waals surface area contributed by atoms with Gasteiger partial charge in [-0.1, -0.05) is 12.1 Å². The number of rotatable bonds is 2. The molecule has 0 amide bonds. The number of benzene rings is 1. The molecule has 0 atom stereocenters. The van der Waals surface area contributed by atoms with E-state index < -0.39 is 5.97 Å². The van der Waals surface area contributed by atoms with Crippen LogP contribution in [0.2, 0.25) is 0 Å². The lowest BCUT2D eigenvalue weighted by Crippen LogP contribution is -1.95. The van der Waals surface area contributed by atoms with Crippen molar-refractivity contribution in [2.75, 3.05) is 5.73 Å².